The fourth-order valence-electron chi connectivity index (χ4n) is 2.24. The number of oxazole rings is 1. The highest BCUT2D eigenvalue weighted by atomic mass is 32.2. The standard InChI is InChI=1S/C19H17FN2O2S/c1-12-6-7-14(8-13(12)2)17-10-21-19(24-17)25-11-18(23)22-16-5-3-4-15(20)9-16/h3-10H,11H2,1-2H3,(H,22,23). The van der Waals surface area contributed by atoms with Crippen molar-refractivity contribution in [3.63, 3.8) is 0 Å². The van der Waals surface area contributed by atoms with E-state index in [1.165, 1.54) is 35.0 Å². The van der Waals surface area contributed by atoms with Crippen LogP contribution in [0.2, 0.25) is 0 Å². The summed E-state index contributed by atoms with van der Waals surface area (Å²) in [5.74, 6) is 0.150. The van der Waals surface area contributed by atoms with E-state index in [1.54, 1.807) is 18.3 Å². The quantitative estimate of drug-likeness (QED) is 0.666. The number of hydrogen-bond donors (Lipinski definition) is 1. The SMILES string of the molecule is Cc1ccc(-c2cnc(SCC(=O)Nc3cccc(F)c3)o2)cc1C. The first-order chi connectivity index (χ1) is 12.0. The molecule has 128 valence electrons. The normalized spacial score (nSPS) is 10.7. The fraction of sp³-hybridized carbons (Fsp3) is 0.158. The number of aryl methyl sites for hydroxylation is 2. The van der Waals surface area contributed by atoms with Crippen LogP contribution in [0, 0.1) is 19.7 Å². The van der Waals surface area contributed by atoms with Gasteiger partial charge in [-0.05, 0) is 49.2 Å². The van der Waals surface area contributed by atoms with Gasteiger partial charge >= 0.3 is 0 Å². The van der Waals surface area contributed by atoms with Gasteiger partial charge in [0.25, 0.3) is 5.22 Å². The number of hydrogen-bond acceptors (Lipinski definition) is 4. The summed E-state index contributed by atoms with van der Waals surface area (Å²) in [7, 11) is 0. The van der Waals surface area contributed by atoms with Crippen molar-refractivity contribution in [3.8, 4) is 11.3 Å². The summed E-state index contributed by atoms with van der Waals surface area (Å²) in [5.41, 5.74) is 3.77. The lowest BCUT2D eigenvalue weighted by molar-refractivity contribution is -0.113. The fourth-order valence-corrected chi connectivity index (χ4v) is 2.85. The number of aromatic nitrogens is 1. The highest BCUT2D eigenvalue weighted by molar-refractivity contribution is 7.99. The molecule has 1 aromatic heterocycles. The van der Waals surface area contributed by atoms with Crippen LogP contribution >= 0.6 is 11.8 Å². The Morgan fingerprint density at radius 1 is 1.20 bits per heavy atom. The van der Waals surface area contributed by atoms with Gasteiger partial charge in [-0.25, -0.2) is 9.37 Å². The third kappa shape index (κ3) is 4.48. The lowest BCUT2D eigenvalue weighted by Gasteiger charge is -2.04. The number of benzene rings is 2. The monoisotopic (exact) mass is 356 g/mol. The lowest BCUT2D eigenvalue weighted by Crippen LogP contribution is -2.14. The van der Waals surface area contributed by atoms with E-state index in [4.69, 9.17) is 4.42 Å². The highest BCUT2D eigenvalue weighted by Gasteiger charge is 2.10. The highest BCUT2D eigenvalue weighted by Crippen LogP contribution is 2.27. The topological polar surface area (TPSA) is 55.1 Å². The van der Waals surface area contributed by atoms with E-state index in [9.17, 15) is 9.18 Å². The van der Waals surface area contributed by atoms with Crippen LogP contribution < -0.4 is 5.32 Å². The predicted molar refractivity (Wildman–Crippen MR) is 97.2 cm³/mol. The Balaban J connectivity index is 1.59. The Bertz CT molecular complexity index is 908. The lowest BCUT2D eigenvalue weighted by atomic mass is 10.1. The zero-order chi connectivity index (χ0) is 17.8. The second kappa shape index (κ2) is 7.53. The first-order valence-corrected chi connectivity index (χ1v) is 8.71. The largest absolute Gasteiger partial charge is 0.431 e. The molecule has 25 heavy (non-hydrogen) atoms. The smallest absolute Gasteiger partial charge is 0.256 e. The Kier molecular flexibility index (Phi) is 5.19. The molecule has 0 aliphatic rings. The second-order valence-electron chi connectivity index (χ2n) is 5.64. The molecule has 3 rings (SSSR count). The van der Waals surface area contributed by atoms with Crippen molar-refractivity contribution in [2.45, 2.75) is 19.1 Å². The van der Waals surface area contributed by atoms with Gasteiger partial charge in [0, 0.05) is 11.3 Å². The third-order valence-corrected chi connectivity index (χ3v) is 4.55. The molecule has 0 aliphatic carbocycles. The molecule has 0 spiro atoms. The minimum atomic E-state index is -0.392. The van der Waals surface area contributed by atoms with Gasteiger partial charge in [-0.1, -0.05) is 30.0 Å². The van der Waals surface area contributed by atoms with Gasteiger partial charge in [-0.15, -0.1) is 0 Å². The first-order valence-electron chi connectivity index (χ1n) is 7.73. The van der Waals surface area contributed by atoms with Crippen LogP contribution in [-0.2, 0) is 4.79 Å². The molecule has 0 radical (unpaired) electrons. The molecule has 3 aromatic rings. The molecule has 4 nitrogen and oxygen atoms in total. The summed E-state index contributed by atoms with van der Waals surface area (Å²) in [5, 5.41) is 3.06. The number of amides is 1. The van der Waals surface area contributed by atoms with Crippen LogP contribution in [0.25, 0.3) is 11.3 Å². The number of halogens is 1. The van der Waals surface area contributed by atoms with Crippen LogP contribution in [0.5, 0.6) is 0 Å². The van der Waals surface area contributed by atoms with Gasteiger partial charge in [0.05, 0.1) is 11.9 Å². The number of nitrogens with one attached hydrogen (secondary N) is 1. The molecular formula is C19H17FN2O2S. The van der Waals surface area contributed by atoms with Crippen LogP contribution in [0.3, 0.4) is 0 Å². The summed E-state index contributed by atoms with van der Waals surface area (Å²) in [6.07, 6.45) is 1.65. The van der Waals surface area contributed by atoms with Crippen molar-refractivity contribution in [1.29, 1.82) is 0 Å². The zero-order valence-electron chi connectivity index (χ0n) is 13.9. The third-order valence-electron chi connectivity index (χ3n) is 3.71. The Hall–Kier alpha value is -2.60. The summed E-state index contributed by atoms with van der Waals surface area (Å²) in [6, 6.07) is 11.8. The predicted octanol–water partition coefficient (Wildman–Crippen LogP) is 4.83. The van der Waals surface area contributed by atoms with Crippen LogP contribution in [0.15, 0.2) is 58.3 Å². The minimum absolute atomic E-state index is 0.128. The summed E-state index contributed by atoms with van der Waals surface area (Å²) < 4.78 is 18.8. The maximum atomic E-state index is 13.1. The minimum Gasteiger partial charge on any atom is -0.431 e. The van der Waals surface area contributed by atoms with Crippen molar-refractivity contribution in [3.05, 3.63) is 65.6 Å². The van der Waals surface area contributed by atoms with Crippen molar-refractivity contribution in [2.75, 3.05) is 11.1 Å². The number of carbonyl (C=O) groups excluding carboxylic acids is 1. The number of anilines is 1. The molecule has 0 bridgehead atoms. The van der Waals surface area contributed by atoms with Gasteiger partial charge < -0.3 is 9.73 Å². The Morgan fingerprint density at radius 2 is 2.04 bits per heavy atom. The van der Waals surface area contributed by atoms with Crippen molar-refractivity contribution in [1.82, 2.24) is 4.98 Å². The molecular weight excluding hydrogens is 339 g/mol. The Labute approximate surface area is 149 Å². The Morgan fingerprint density at radius 3 is 2.80 bits per heavy atom. The van der Waals surface area contributed by atoms with E-state index in [0.29, 0.717) is 16.7 Å². The number of thioether (sulfide) groups is 1. The van der Waals surface area contributed by atoms with E-state index in [2.05, 4.69) is 17.2 Å². The zero-order valence-corrected chi connectivity index (χ0v) is 14.7. The summed E-state index contributed by atoms with van der Waals surface area (Å²) in [4.78, 5) is 16.1. The number of nitrogens with zero attached hydrogens (tertiary/aromatic N) is 1. The van der Waals surface area contributed by atoms with Crippen LogP contribution in [-0.4, -0.2) is 16.6 Å². The van der Waals surface area contributed by atoms with E-state index in [1.807, 2.05) is 25.1 Å². The number of rotatable bonds is 5. The maximum absolute atomic E-state index is 13.1. The van der Waals surface area contributed by atoms with Gasteiger partial charge in [0.1, 0.15) is 5.82 Å². The van der Waals surface area contributed by atoms with E-state index in [-0.39, 0.29) is 11.7 Å². The van der Waals surface area contributed by atoms with Gasteiger partial charge in [0.15, 0.2) is 5.76 Å². The molecule has 1 N–H and O–H groups in total. The van der Waals surface area contributed by atoms with Crippen LogP contribution in [0.4, 0.5) is 10.1 Å². The van der Waals surface area contributed by atoms with Crippen molar-refractivity contribution in [2.24, 2.45) is 0 Å². The molecule has 1 heterocycles. The average molecular weight is 356 g/mol. The van der Waals surface area contributed by atoms with Gasteiger partial charge in [-0.3, -0.25) is 4.79 Å². The molecule has 2 aromatic carbocycles. The number of carbonyl (C=O) groups is 1. The molecule has 0 aliphatic heterocycles. The molecule has 0 saturated heterocycles. The van der Waals surface area contributed by atoms with E-state index >= 15 is 0 Å². The van der Waals surface area contributed by atoms with Gasteiger partial charge in [0.2, 0.25) is 5.91 Å². The van der Waals surface area contributed by atoms with E-state index < -0.39 is 5.82 Å². The van der Waals surface area contributed by atoms with Gasteiger partial charge in [-0.2, -0.15) is 0 Å². The molecule has 0 unspecified atom stereocenters. The summed E-state index contributed by atoms with van der Waals surface area (Å²) >= 11 is 1.19. The van der Waals surface area contributed by atoms with Crippen molar-refractivity contribution >= 4 is 23.4 Å². The molecule has 6 heteroatoms. The first kappa shape index (κ1) is 17.2. The molecule has 0 atom stereocenters. The summed E-state index contributed by atoms with van der Waals surface area (Å²) in [6.45, 7) is 4.10. The second-order valence-corrected chi connectivity index (χ2v) is 6.56. The van der Waals surface area contributed by atoms with E-state index in [0.717, 1.165) is 5.56 Å². The molecule has 0 saturated carbocycles. The maximum Gasteiger partial charge on any atom is 0.256 e. The molecule has 0 fully saturated rings. The average Bonchev–Trinajstić information content (AvgIpc) is 3.04. The van der Waals surface area contributed by atoms with Crippen molar-refractivity contribution < 1.29 is 13.6 Å². The molecule has 1 amide bonds. The van der Waals surface area contributed by atoms with Crippen LogP contribution in [0.1, 0.15) is 11.1 Å².